The number of nitro groups is 3. The van der Waals surface area contributed by atoms with Gasteiger partial charge in [-0.25, -0.2) is 0 Å². The molecule has 1 aliphatic heterocycles. The van der Waals surface area contributed by atoms with Crippen molar-refractivity contribution in [2.24, 2.45) is 0 Å². The van der Waals surface area contributed by atoms with Crippen molar-refractivity contribution in [3.05, 3.63) is 30.3 Å². The van der Waals surface area contributed by atoms with Gasteiger partial charge < -0.3 is 4.74 Å². The molecule has 0 amide bonds. The second kappa shape index (κ2) is 3.73. The van der Waals surface area contributed by atoms with Crippen molar-refractivity contribution in [1.82, 2.24) is 0 Å². The van der Waals surface area contributed by atoms with Crippen LogP contribution in [0, 0.1) is 30.3 Å². The molecular formula is C5H7N3O7. The molecule has 0 aromatic carbocycles. The average molecular weight is 221 g/mol. The summed E-state index contributed by atoms with van der Waals surface area (Å²) in [5.41, 5.74) is 0. The molecule has 1 heterocycles. The Kier molecular flexibility index (Phi) is 2.79. The summed E-state index contributed by atoms with van der Waals surface area (Å²) in [5.74, 6) is -3.48. The molecule has 0 N–H and O–H groups in total. The highest BCUT2D eigenvalue weighted by molar-refractivity contribution is 4.73. The number of rotatable bonds is 4. The van der Waals surface area contributed by atoms with Gasteiger partial charge in [0.2, 0.25) is 0 Å². The molecule has 0 bridgehead atoms. The fourth-order valence-corrected chi connectivity index (χ4v) is 1.44. The topological polar surface area (TPSA) is 139 Å². The summed E-state index contributed by atoms with van der Waals surface area (Å²) in [4.78, 5) is 27.1. The zero-order chi connectivity index (χ0) is 11.6. The molecule has 0 radical (unpaired) electrons. The van der Waals surface area contributed by atoms with Crippen LogP contribution >= 0.6 is 0 Å². The minimum Gasteiger partial charge on any atom is -0.357 e. The quantitative estimate of drug-likeness (QED) is 0.359. The summed E-state index contributed by atoms with van der Waals surface area (Å²) in [7, 11) is 0. The minimum absolute atomic E-state index is 0.0575. The van der Waals surface area contributed by atoms with Gasteiger partial charge in [0.05, 0.1) is 0 Å². The van der Waals surface area contributed by atoms with E-state index in [2.05, 4.69) is 4.74 Å². The van der Waals surface area contributed by atoms with Crippen LogP contribution in [-0.2, 0) is 4.74 Å². The number of nitrogens with zero attached hydrogens (tertiary/aromatic N) is 3. The maximum atomic E-state index is 10.5. The Morgan fingerprint density at radius 3 is 1.80 bits per heavy atom. The van der Waals surface area contributed by atoms with Gasteiger partial charge in [-0.15, -0.1) is 0 Å². The second-order valence-electron chi connectivity index (χ2n) is 2.96. The smallest absolute Gasteiger partial charge is 0.357 e. The number of hydrogen-bond donors (Lipinski definition) is 0. The molecule has 1 saturated heterocycles. The minimum atomic E-state index is -3.48. The van der Waals surface area contributed by atoms with Gasteiger partial charge in [0.15, 0.2) is 14.8 Å². The Morgan fingerprint density at radius 2 is 1.53 bits per heavy atom. The van der Waals surface area contributed by atoms with Gasteiger partial charge in [0.1, 0.15) is 0 Å². The van der Waals surface area contributed by atoms with E-state index >= 15 is 0 Å². The van der Waals surface area contributed by atoms with Gasteiger partial charge in [-0.05, 0) is 12.8 Å². The van der Waals surface area contributed by atoms with Crippen molar-refractivity contribution in [2.75, 3.05) is 6.61 Å². The van der Waals surface area contributed by atoms with Gasteiger partial charge >= 0.3 is 5.79 Å². The molecule has 1 aliphatic rings. The highest BCUT2D eigenvalue weighted by Gasteiger charge is 2.77. The summed E-state index contributed by atoms with van der Waals surface area (Å²) < 4.78 is 4.68. The molecule has 0 aromatic heterocycles. The third kappa shape index (κ3) is 1.48. The van der Waals surface area contributed by atoms with Gasteiger partial charge in [0, 0.05) is 6.61 Å². The lowest BCUT2D eigenvalue weighted by atomic mass is 10.1. The maximum Gasteiger partial charge on any atom is 0.726 e. The number of hydrogen-bond acceptors (Lipinski definition) is 7. The van der Waals surface area contributed by atoms with E-state index in [0.29, 0.717) is 6.42 Å². The molecule has 1 atom stereocenters. The summed E-state index contributed by atoms with van der Waals surface area (Å²) in [6.45, 7) is 0.0575. The van der Waals surface area contributed by atoms with Gasteiger partial charge in [-0.1, -0.05) is 0 Å². The van der Waals surface area contributed by atoms with Gasteiger partial charge in [-0.2, -0.15) is 0 Å². The van der Waals surface area contributed by atoms with Crippen LogP contribution in [0.2, 0.25) is 0 Å². The molecule has 1 rings (SSSR count). The molecule has 84 valence electrons. The Hall–Kier alpha value is -1.84. The summed E-state index contributed by atoms with van der Waals surface area (Å²) in [5, 5.41) is 31.6. The Labute approximate surface area is 82.3 Å². The van der Waals surface area contributed by atoms with Crippen LogP contribution in [0.3, 0.4) is 0 Å². The first-order valence-electron chi connectivity index (χ1n) is 3.99. The number of ether oxygens (including phenoxy) is 1. The van der Waals surface area contributed by atoms with Crippen LogP contribution in [-0.4, -0.2) is 33.3 Å². The van der Waals surface area contributed by atoms with E-state index in [-0.39, 0.29) is 13.0 Å². The van der Waals surface area contributed by atoms with Crippen molar-refractivity contribution < 1.29 is 19.5 Å². The van der Waals surface area contributed by atoms with E-state index in [9.17, 15) is 30.3 Å². The molecular weight excluding hydrogens is 214 g/mol. The summed E-state index contributed by atoms with van der Waals surface area (Å²) in [6, 6.07) is 0. The second-order valence-corrected chi connectivity index (χ2v) is 2.96. The summed E-state index contributed by atoms with van der Waals surface area (Å²) >= 11 is 0. The molecule has 1 fully saturated rings. The molecule has 0 saturated carbocycles. The fourth-order valence-electron chi connectivity index (χ4n) is 1.44. The van der Waals surface area contributed by atoms with Crippen molar-refractivity contribution in [1.29, 1.82) is 0 Å². The van der Waals surface area contributed by atoms with E-state index in [1.54, 1.807) is 0 Å². The predicted molar refractivity (Wildman–Crippen MR) is 42.7 cm³/mol. The van der Waals surface area contributed by atoms with Crippen molar-refractivity contribution >= 4 is 0 Å². The molecule has 10 nitrogen and oxygen atoms in total. The Bertz CT molecular complexity index is 274. The van der Waals surface area contributed by atoms with E-state index in [1.807, 2.05) is 0 Å². The highest BCUT2D eigenvalue weighted by Crippen LogP contribution is 2.28. The van der Waals surface area contributed by atoms with Crippen LogP contribution in [0.25, 0.3) is 0 Å². The zero-order valence-corrected chi connectivity index (χ0v) is 7.40. The molecule has 0 aliphatic carbocycles. The lowest BCUT2D eigenvalue weighted by Gasteiger charge is -2.13. The van der Waals surface area contributed by atoms with Crippen molar-refractivity contribution in [2.45, 2.75) is 24.7 Å². The first kappa shape index (κ1) is 11.2. The summed E-state index contributed by atoms with van der Waals surface area (Å²) in [6.07, 6.45) is -1.34. The standard InChI is InChI=1S/C5H7N3O7/c9-6(10)5(7(11)12,8(13)14)4-2-1-3-15-4/h4H,1-3H2. The van der Waals surface area contributed by atoms with E-state index in [0.717, 1.165) is 0 Å². The van der Waals surface area contributed by atoms with Crippen LogP contribution < -0.4 is 0 Å². The van der Waals surface area contributed by atoms with Crippen molar-refractivity contribution in [3.63, 3.8) is 0 Å². The van der Waals surface area contributed by atoms with Crippen LogP contribution in [0.5, 0.6) is 0 Å². The van der Waals surface area contributed by atoms with Gasteiger partial charge in [0.25, 0.3) is 6.10 Å². The fraction of sp³-hybridized carbons (Fsp3) is 1.00. The molecule has 15 heavy (non-hydrogen) atoms. The predicted octanol–water partition coefficient (Wildman–Crippen LogP) is -0.351. The first-order valence-corrected chi connectivity index (χ1v) is 3.99. The Morgan fingerprint density at radius 1 is 1.07 bits per heavy atom. The lowest BCUT2D eigenvalue weighted by molar-refractivity contribution is -0.977. The Balaban J connectivity index is 3.18. The molecule has 0 aromatic rings. The third-order valence-electron chi connectivity index (χ3n) is 2.17. The molecule has 0 spiro atoms. The van der Waals surface area contributed by atoms with Crippen molar-refractivity contribution in [3.8, 4) is 0 Å². The van der Waals surface area contributed by atoms with Crippen LogP contribution in [0.1, 0.15) is 12.8 Å². The largest absolute Gasteiger partial charge is 0.726 e. The van der Waals surface area contributed by atoms with Gasteiger partial charge in [-0.3, -0.25) is 30.3 Å². The zero-order valence-electron chi connectivity index (χ0n) is 7.40. The monoisotopic (exact) mass is 221 g/mol. The highest BCUT2D eigenvalue weighted by atomic mass is 16.7. The molecule has 10 heteroatoms. The molecule has 1 unspecified atom stereocenters. The normalized spacial score (nSPS) is 21.2. The van der Waals surface area contributed by atoms with E-state index < -0.39 is 26.7 Å². The SMILES string of the molecule is O=[N+]([O-])C(C1CCCO1)([N+](=O)[O-])[N+](=O)[O-]. The third-order valence-corrected chi connectivity index (χ3v) is 2.17. The van der Waals surface area contributed by atoms with Crippen LogP contribution in [0.4, 0.5) is 0 Å². The van der Waals surface area contributed by atoms with E-state index in [4.69, 9.17) is 0 Å². The van der Waals surface area contributed by atoms with E-state index in [1.165, 1.54) is 0 Å². The lowest BCUT2D eigenvalue weighted by Crippen LogP contribution is -2.61. The average Bonchev–Trinajstić information content (AvgIpc) is 2.55. The first-order chi connectivity index (χ1) is 6.94. The van der Waals surface area contributed by atoms with Crippen LogP contribution in [0.15, 0.2) is 0 Å². The maximum absolute atomic E-state index is 10.5.